The minimum Gasteiger partial charge on any atom is -0.481 e. The predicted octanol–water partition coefficient (Wildman–Crippen LogP) is 0.425. The van der Waals surface area contributed by atoms with Crippen molar-refractivity contribution < 1.29 is 29.7 Å². The molecule has 0 aliphatic rings. The monoisotopic (exact) mass is 318 g/mol. The molecule has 0 aromatic carbocycles. The Balaban J connectivity index is 4.13. The highest BCUT2D eigenvalue weighted by Gasteiger charge is 2.11. The third-order valence-electron chi connectivity index (χ3n) is 3.32. The van der Waals surface area contributed by atoms with Crippen LogP contribution in [0.15, 0.2) is 0 Å². The Morgan fingerprint density at radius 1 is 0.682 bits per heavy atom. The number of carboxylic acid groups (broad SMARTS) is 3. The first-order valence-corrected chi connectivity index (χ1v) is 7.45. The van der Waals surface area contributed by atoms with Crippen LogP contribution in [0.3, 0.4) is 0 Å². The van der Waals surface area contributed by atoms with Crippen molar-refractivity contribution >= 4 is 17.9 Å². The molecule has 0 fully saturated rings. The molecule has 0 spiro atoms. The lowest BCUT2D eigenvalue weighted by Gasteiger charge is -2.24. The van der Waals surface area contributed by atoms with E-state index >= 15 is 0 Å². The van der Waals surface area contributed by atoms with Gasteiger partial charge in [0.15, 0.2) is 0 Å². The fraction of sp³-hybridized carbons (Fsp3) is 0.786. The Bertz CT molecular complexity index is 343. The van der Waals surface area contributed by atoms with Crippen LogP contribution in [-0.4, -0.2) is 82.3 Å². The normalized spacial score (nSPS) is 11.0. The molecule has 0 aromatic heterocycles. The number of hydrogen-bond acceptors (Lipinski definition) is 5. The summed E-state index contributed by atoms with van der Waals surface area (Å²) in [5, 5.41) is 26.1. The van der Waals surface area contributed by atoms with E-state index in [9.17, 15) is 14.4 Å². The molecule has 22 heavy (non-hydrogen) atoms. The summed E-state index contributed by atoms with van der Waals surface area (Å²) < 4.78 is 0. The minimum atomic E-state index is -0.906. The number of carboxylic acids is 3. The van der Waals surface area contributed by atoms with E-state index in [0.717, 1.165) is 13.0 Å². The number of rotatable bonds is 14. The van der Waals surface area contributed by atoms with E-state index in [1.165, 1.54) is 0 Å². The van der Waals surface area contributed by atoms with Crippen molar-refractivity contribution in [3.05, 3.63) is 0 Å². The maximum Gasteiger partial charge on any atom is 0.304 e. The Morgan fingerprint density at radius 2 is 1.05 bits per heavy atom. The van der Waals surface area contributed by atoms with Crippen molar-refractivity contribution in [1.29, 1.82) is 0 Å². The Kier molecular flexibility index (Phi) is 11.0. The Labute approximate surface area is 130 Å². The predicted molar refractivity (Wildman–Crippen MR) is 79.9 cm³/mol. The summed E-state index contributed by atoms with van der Waals surface area (Å²) in [5.74, 6) is -2.64. The first kappa shape index (κ1) is 20.3. The van der Waals surface area contributed by atoms with Crippen molar-refractivity contribution in [2.75, 3.05) is 39.3 Å². The smallest absolute Gasteiger partial charge is 0.304 e. The van der Waals surface area contributed by atoms with Crippen LogP contribution in [0.25, 0.3) is 0 Å². The average Bonchev–Trinajstić information content (AvgIpc) is 2.43. The van der Waals surface area contributed by atoms with Crippen LogP contribution < -0.4 is 0 Å². The molecule has 3 N–H and O–H groups in total. The second kappa shape index (κ2) is 11.9. The average molecular weight is 318 g/mol. The first-order valence-electron chi connectivity index (χ1n) is 7.45. The second-order valence-corrected chi connectivity index (χ2v) is 5.06. The zero-order valence-corrected chi connectivity index (χ0v) is 13.0. The molecular formula is C14H26N2O6. The van der Waals surface area contributed by atoms with Crippen molar-refractivity contribution in [3.8, 4) is 0 Å². The summed E-state index contributed by atoms with van der Waals surface area (Å²) in [4.78, 5) is 35.6. The fourth-order valence-corrected chi connectivity index (χ4v) is 2.04. The van der Waals surface area contributed by atoms with Gasteiger partial charge in [-0.25, -0.2) is 0 Å². The van der Waals surface area contributed by atoms with E-state index in [-0.39, 0.29) is 19.3 Å². The molecule has 0 atom stereocenters. The third-order valence-corrected chi connectivity index (χ3v) is 3.32. The van der Waals surface area contributed by atoms with E-state index < -0.39 is 17.9 Å². The summed E-state index contributed by atoms with van der Waals surface area (Å²) in [6.07, 6.45) is 0.800. The van der Waals surface area contributed by atoms with Gasteiger partial charge in [-0.05, 0) is 26.1 Å². The lowest BCUT2D eigenvalue weighted by molar-refractivity contribution is -0.138. The standard InChI is InChI=1S/C14H26N2O6/c1-2-15(9-4-12(17)18)7-3-8-16(10-5-13(19)20)11-6-14(21)22/h2-11H2,1H3,(H,17,18)(H,19,20)(H,21,22). The molecule has 0 unspecified atom stereocenters. The summed E-state index contributed by atoms with van der Waals surface area (Å²) >= 11 is 0. The quantitative estimate of drug-likeness (QED) is 0.422. The van der Waals surface area contributed by atoms with Crippen LogP contribution in [0.4, 0.5) is 0 Å². The Morgan fingerprint density at radius 3 is 1.41 bits per heavy atom. The topological polar surface area (TPSA) is 118 Å². The van der Waals surface area contributed by atoms with Gasteiger partial charge in [0.25, 0.3) is 0 Å². The van der Waals surface area contributed by atoms with Crippen LogP contribution in [-0.2, 0) is 14.4 Å². The van der Waals surface area contributed by atoms with Gasteiger partial charge in [0, 0.05) is 19.6 Å². The van der Waals surface area contributed by atoms with Gasteiger partial charge in [0.05, 0.1) is 19.3 Å². The molecule has 0 radical (unpaired) electrons. The molecule has 0 amide bonds. The maximum atomic E-state index is 10.6. The molecule has 0 bridgehead atoms. The molecule has 8 heteroatoms. The maximum absolute atomic E-state index is 10.6. The van der Waals surface area contributed by atoms with Gasteiger partial charge in [0.2, 0.25) is 0 Å². The number of nitrogens with zero attached hydrogens (tertiary/aromatic N) is 2. The molecule has 0 saturated carbocycles. The van der Waals surface area contributed by atoms with E-state index in [1.807, 2.05) is 16.7 Å². The van der Waals surface area contributed by atoms with Crippen LogP contribution in [0.1, 0.15) is 32.6 Å². The van der Waals surface area contributed by atoms with Crippen LogP contribution in [0.5, 0.6) is 0 Å². The summed E-state index contributed by atoms with van der Waals surface area (Å²) in [6.45, 7) is 5.14. The lowest BCUT2D eigenvalue weighted by atomic mass is 10.2. The molecule has 8 nitrogen and oxygen atoms in total. The SMILES string of the molecule is CCN(CCCN(CCC(=O)O)CCC(=O)O)CCC(=O)O. The summed E-state index contributed by atoms with van der Waals surface area (Å²) in [5.41, 5.74) is 0. The second-order valence-electron chi connectivity index (χ2n) is 5.06. The molecule has 128 valence electrons. The molecule has 0 saturated heterocycles. The zero-order valence-electron chi connectivity index (χ0n) is 13.0. The number of carbonyl (C=O) groups is 3. The molecular weight excluding hydrogens is 292 g/mol. The van der Waals surface area contributed by atoms with Crippen molar-refractivity contribution in [1.82, 2.24) is 9.80 Å². The van der Waals surface area contributed by atoms with Gasteiger partial charge in [-0.15, -0.1) is 0 Å². The van der Waals surface area contributed by atoms with Gasteiger partial charge in [0.1, 0.15) is 0 Å². The van der Waals surface area contributed by atoms with Crippen LogP contribution in [0, 0.1) is 0 Å². The summed E-state index contributed by atoms with van der Waals surface area (Å²) in [6, 6.07) is 0. The molecule has 0 aromatic rings. The van der Waals surface area contributed by atoms with Crippen molar-refractivity contribution in [2.24, 2.45) is 0 Å². The van der Waals surface area contributed by atoms with Gasteiger partial charge < -0.3 is 25.1 Å². The Hall–Kier alpha value is -1.67. The van der Waals surface area contributed by atoms with Gasteiger partial charge in [-0.1, -0.05) is 6.92 Å². The van der Waals surface area contributed by atoms with E-state index in [4.69, 9.17) is 15.3 Å². The van der Waals surface area contributed by atoms with Gasteiger partial charge in [-0.3, -0.25) is 14.4 Å². The van der Waals surface area contributed by atoms with E-state index in [1.54, 1.807) is 0 Å². The summed E-state index contributed by atoms with van der Waals surface area (Å²) in [7, 11) is 0. The molecule has 0 aliphatic carbocycles. The van der Waals surface area contributed by atoms with E-state index in [2.05, 4.69) is 0 Å². The van der Waals surface area contributed by atoms with Gasteiger partial charge >= 0.3 is 17.9 Å². The van der Waals surface area contributed by atoms with Crippen LogP contribution >= 0.6 is 0 Å². The number of aliphatic carboxylic acids is 3. The lowest BCUT2D eigenvalue weighted by Crippen LogP contribution is -2.33. The third kappa shape index (κ3) is 12.1. The molecule has 0 rings (SSSR count). The minimum absolute atomic E-state index is 0.0177. The largest absolute Gasteiger partial charge is 0.481 e. The highest BCUT2D eigenvalue weighted by Crippen LogP contribution is 2.00. The first-order chi connectivity index (χ1) is 10.3. The number of hydrogen-bond donors (Lipinski definition) is 3. The molecule has 0 aliphatic heterocycles. The van der Waals surface area contributed by atoms with Gasteiger partial charge in [-0.2, -0.15) is 0 Å². The van der Waals surface area contributed by atoms with Crippen LogP contribution in [0.2, 0.25) is 0 Å². The van der Waals surface area contributed by atoms with Crippen molar-refractivity contribution in [2.45, 2.75) is 32.6 Å². The zero-order chi connectivity index (χ0) is 17.0. The highest BCUT2D eigenvalue weighted by atomic mass is 16.4. The fourth-order valence-electron chi connectivity index (χ4n) is 2.04. The highest BCUT2D eigenvalue weighted by molar-refractivity contribution is 5.67. The van der Waals surface area contributed by atoms with E-state index in [0.29, 0.717) is 32.7 Å². The van der Waals surface area contributed by atoms with Crippen molar-refractivity contribution in [3.63, 3.8) is 0 Å². The molecule has 0 heterocycles.